The first kappa shape index (κ1) is 29.5. The van der Waals surface area contributed by atoms with Crippen molar-refractivity contribution in [2.45, 2.75) is 12.5 Å². The predicted octanol–water partition coefficient (Wildman–Crippen LogP) is 4.41. The quantitative estimate of drug-likeness (QED) is 0.169. The molecule has 224 valence electrons. The molecule has 0 radical (unpaired) electrons. The van der Waals surface area contributed by atoms with E-state index >= 15 is 0 Å². The molecule has 0 bridgehead atoms. The molecule has 0 fully saturated rings. The van der Waals surface area contributed by atoms with Crippen LogP contribution in [-0.4, -0.2) is 47.0 Å². The lowest BCUT2D eigenvalue weighted by molar-refractivity contribution is -0.117. The number of H-pyrrole nitrogens is 2. The van der Waals surface area contributed by atoms with Gasteiger partial charge in [-0.05, 0) is 58.8 Å². The number of rotatable bonds is 9. The number of nitrogens with one attached hydrogen (secondary N) is 3. The summed E-state index contributed by atoms with van der Waals surface area (Å²) in [5.74, 6) is -0.721. The zero-order valence-electron chi connectivity index (χ0n) is 23.2. The number of carbonyl (C=O) groups is 2. The Hall–Kier alpha value is -5.59. The summed E-state index contributed by atoms with van der Waals surface area (Å²) in [6, 6.07) is 20.4. The molecule has 0 aliphatic heterocycles. The minimum absolute atomic E-state index is 0.0754. The second kappa shape index (κ2) is 12.6. The van der Waals surface area contributed by atoms with Crippen molar-refractivity contribution in [1.29, 1.82) is 0 Å². The van der Waals surface area contributed by atoms with Crippen LogP contribution in [0.25, 0.3) is 33.9 Å². The molecule has 0 unspecified atom stereocenters. The molecule has 6 aromatic rings. The second-order valence-corrected chi connectivity index (χ2v) is 10.8. The van der Waals surface area contributed by atoms with Crippen molar-refractivity contribution in [3.8, 4) is 16.9 Å². The summed E-state index contributed by atoms with van der Waals surface area (Å²) >= 11 is 12.9. The molecule has 3 heterocycles. The van der Waals surface area contributed by atoms with E-state index < -0.39 is 23.4 Å². The Morgan fingerprint density at radius 2 is 1.84 bits per heavy atom. The Labute approximate surface area is 264 Å². The van der Waals surface area contributed by atoms with Gasteiger partial charge in [0, 0.05) is 39.2 Å². The normalized spacial score (nSPS) is 12.0. The predicted molar refractivity (Wildman–Crippen MR) is 170 cm³/mol. The standard InChI is InChI=1S/C31H23Cl2N9O3/c32-20-8-10-25(42-16-35-40-41-42)18(13-20)7-11-26(43)37-24(12-17-4-2-1-3-5-17)31-38-28(29(33)39-31)19-6-9-23-21(14-19)22(30(34)45)15-27(44)36-23/h1-11,13-16,24H,12H2,(H2,34,45)(H,36,44)(H,37,43)(H,38,39)/b11-7+/t24-/m0/s1. The number of tetrazole rings is 1. The van der Waals surface area contributed by atoms with Crippen molar-refractivity contribution < 1.29 is 9.59 Å². The molecule has 0 aliphatic carbocycles. The zero-order valence-corrected chi connectivity index (χ0v) is 24.8. The third-order valence-electron chi connectivity index (χ3n) is 6.99. The summed E-state index contributed by atoms with van der Waals surface area (Å²) in [7, 11) is 0. The molecule has 3 aromatic heterocycles. The number of pyridine rings is 1. The third-order valence-corrected chi connectivity index (χ3v) is 7.50. The molecule has 45 heavy (non-hydrogen) atoms. The van der Waals surface area contributed by atoms with Gasteiger partial charge in [-0.25, -0.2) is 4.98 Å². The highest BCUT2D eigenvalue weighted by molar-refractivity contribution is 6.32. The number of benzene rings is 3. The van der Waals surface area contributed by atoms with Crippen molar-refractivity contribution in [3.63, 3.8) is 0 Å². The number of nitrogens with two attached hydrogens (primary N) is 1. The van der Waals surface area contributed by atoms with Gasteiger partial charge in [0.15, 0.2) is 0 Å². The van der Waals surface area contributed by atoms with Gasteiger partial charge in [-0.1, -0.05) is 59.6 Å². The highest BCUT2D eigenvalue weighted by atomic mass is 35.5. The first-order chi connectivity index (χ1) is 21.7. The van der Waals surface area contributed by atoms with E-state index in [1.54, 1.807) is 42.5 Å². The van der Waals surface area contributed by atoms with E-state index in [1.165, 1.54) is 17.1 Å². The van der Waals surface area contributed by atoms with E-state index in [1.807, 2.05) is 30.3 Å². The number of carbonyl (C=O) groups excluding carboxylic acids is 2. The number of aromatic amines is 2. The van der Waals surface area contributed by atoms with E-state index in [0.717, 1.165) is 11.6 Å². The van der Waals surface area contributed by atoms with Crippen LogP contribution in [0.5, 0.6) is 0 Å². The molecule has 6 rings (SSSR count). The molecule has 3 aromatic carbocycles. The molecular formula is C31H23Cl2N9O3. The minimum Gasteiger partial charge on any atom is -0.366 e. The molecule has 0 saturated carbocycles. The zero-order chi connectivity index (χ0) is 31.5. The number of amides is 2. The molecule has 0 saturated heterocycles. The van der Waals surface area contributed by atoms with Crippen LogP contribution < -0.4 is 16.6 Å². The summed E-state index contributed by atoms with van der Waals surface area (Å²) in [5.41, 5.74) is 8.79. The van der Waals surface area contributed by atoms with Gasteiger partial charge in [0.1, 0.15) is 23.0 Å². The molecule has 5 N–H and O–H groups in total. The Kier molecular flexibility index (Phi) is 8.23. The summed E-state index contributed by atoms with van der Waals surface area (Å²) in [6.07, 6.45) is 4.85. The van der Waals surface area contributed by atoms with Gasteiger partial charge in [0.05, 0.1) is 17.3 Å². The van der Waals surface area contributed by atoms with Gasteiger partial charge < -0.3 is 21.0 Å². The van der Waals surface area contributed by atoms with E-state index in [0.29, 0.717) is 50.7 Å². The molecule has 12 nitrogen and oxygen atoms in total. The first-order valence-electron chi connectivity index (χ1n) is 13.5. The van der Waals surface area contributed by atoms with Crippen molar-refractivity contribution in [2.24, 2.45) is 5.73 Å². The lowest BCUT2D eigenvalue weighted by atomic mass is 10.0. The number of imidazole rings is 1. The number of halogens is 2. The number of aromatic nitrogens is 7. The van der Waals surface area contributed by atoms with Crippen LogP contribution in [0.2, 0.25) is 10.2 Å². The average Bonchev–Trinajstić information content (AvgIpc) is 3.70. The Morgan fingerprint density at radius 1 is 1.02 bits per heavy atom. The number of hydrogen-bond donors (Lipinski definition) is 4. The Balaban J connectivity index is 1.32. The number of hydrogen-bond acceptors (Lipinski definition) is 7. The van der Waals surface area contributed by atoms with Crippen LogP contribution in [0.3, 0.4) is 0 Å². The van der Waals surface area contributed by atoms with Gasteiger partial charge in [-0.15, -0.1) is 5.10 Å². The number of nitrogens with zero attached hydrogens (tertiary/aromatic N) is 5. The fourth-order valence-corrected chi connectivity index (χ4v) is 5.35. The van der Waals surface area contributed by atoms with Crippen molar-refractivity contribution >= 4 is 52.0 Å². The lowest BCUT2D eigenvalue weighted by Gasteiger charge is -2.16. The van der Waals surface area contributed by atoms with Crippen molar-refractivity contribution in [1.82, 2.24) is 40.5 Å². The Morgan fingerprint density at radius 3 is 2.60 bits per heavy atom. The highest BCUT2D eigenvalue weighted by Gasteiger charge is 2.22. The van der Waals surface area contributed by atoms with Gasteiger partial charge in [0.25, 0.3) is 0 Å². The third kappa shape index (κ3) is 6.51. The molecule has 14 heteroatoms. The number of primary amides is 1. The van der Waals surface area contributed by atoms with Gasteiger partial charge in [-0.2, -0.15) is 4.68 Å². The van der Waals surface area contributed by atoms with E-state index in [4.69, 9.17) is 33.9 Å². The topological polar surface area (TPSA) is 177 Å². The number of fused-ring (bicyclic) bond motifs is 1. The average molecular weight is 640 g/mol. The fourth-order valence-electron chi connectivity index (χ4n) is 4.92. The summed E-state index contributed by atoms with van der Waals surface area (Å²) < 4.78 is 1.47. The van der Waals surface area contributed by atoms with Crippen LogP contribution in [0.1, 0.15) is 33.4 Å². The summed E-state index contributed by atoms with van der Waals surface area (Å²) in [5, 5.41) is 15.4. The Bertz CT molecular complexity index is 2120. The van der Waals surface area contributed by atoms with Crippen molar-refractivity contribution in [2.75, 3.05) is 0 Å². The smallest absolute Gasteiger partial charge is 0.249 e. The maximum Gasteiger partial charge on any atom is 0.249 e. The van der Waals surface area contributed by atoms with Crippen LogP contribution in [0.15, 0.2) is 90.0 Å². The van der Waals surface area contributed by atoms with Crippen LogP contribution in [0, 0.1) is 0 Å². The maximum atomic E-state index is 13.3. The van der Waals surface area contributed by atoms with E-state index in [-0.39, 0.29) is 10.7 Å². The van der Waals surface area contributed by atoms with E-state index in [2.05, 4.69) is 30.8 Å². The van der Waals surface area contributed by atoms with Crippen LogP contribution in [0.4, 0.5) is 0 Å². The SMILES string of the molecule is NC(=O)c1cc(=O)[nH]c2ccc(-c3nc([C@H](Cc4ccccc4)NC(=O)/C=C/c4cc(Cl)ccc4-n4cnnn4)[nH]c3Cl)cc12. The van der Waals surface area contributed by atoms with Crippen LogP contribution in [-0.2, 0) is 11.2 Å². The largest absolute Gasteiger partial charge is 0.366 e. The fraction of sp³-hybridized carbons (Fsp3) is 0.0645. The molecule has 1 atom stereocenters. The highest BCUT2D eigenvalue weighted by Crippen LogP contribution is 2.31. The first-order valence-corrected chi connectivity index (χ1v) is 14.3. The molecule has 0 aliphatic rings. The monoisotopic (exact) mass is 639 g/mol. The van der Waals surface area contributed by atoms with Crippen molar-refractivity contribution in [3.05, 3.63) is 128 Å². The molecule has 2 amide bonds. The lowest BCUT2D eigenvalue weighted by Crippen LogP contribution is -2.29. The summed E-state index contributed by atoms with van der Waals surface area (Å²) in [6.45, 7) is 0. The van der Waals surface area contributed by atoms with Gasteiger partial charge in [0.2, 0.25) is 17.4 Å². The second-order valence-electron chi connectivity index (χ2n) is 10.00. The van der Waals surface area contributed by atoms with Gasteiger partial charge >= 0.3 is 0 Å². The molecular weight excluding hydrogens is 617 g/mol. The minimum atomic E-state index is -0.737. The summed E-state index contributed by atoms with van der Waals surface area (Å²) in [4.78, 5) is 47.9. The molecule has 0 spiro atoms. The van der Waals surface area contributed by atoms with Gasteiger partial charge in [-0.3, -0.25) is 14.4 Å². The maximum absolute atomic E-state index is 13.3. The van der Waals surface area contributed by atoms with Crippen LogP contribution >= 0.6 is 23.2 Å². The van der Waals surface area contributed by atoms with E-state index in [9.17, 15) is 14.4 Å².